The number of benzene rings is 1. The quantitative estimate of drug-likeness (QED) is 0.781. The molecule has 122 valence electrons. The van der Waals surface area contributed by atoms with Crippen LogP contribution >= 0.6 is 0 Å². The summed E-state index contributed by atoms with van der Waals surface area (Å²) in [5, 5.41) is 13.8. The molecule has 0 aliphatic rings. The summed E-state index contributed by atoms with van der Waals surface area (Å²) in [5.41, 5.74) is 3.18. The number of rotatable bonds is 5. The molecule has 24 heavy (non-hydrogen) atoms. The number of carboxylic acids is 1. The van der Waals surface area contributed by atoms with Gasteiger partial charge < -0.3 is 5.11 Å². The predicted octanol–water partition coefficient (Wildman–Crippen LogP) is 3.32. The lowest BCUT2D eigenvalue weighted by molar-refractivity contribution is -0.140. The van der Waals surface area contributed by atoms with Gasteiger partial charge in [-0.1, -0.05) is 12.1 Å². The number of hydrogen-bond donors (Lipinski definition) is 1. The van der Waals surface area contributed by atoms with Crippen molar-refractivity contribution < 1.29 is 14.3 Å². The van der Waals surface area contributed by atoms with Crippen molar-refractivity contribution in [3.63, 3.8) is 0 Å². The molecule has 0 spiro atoms. The van der Waals surface area contributed by atoms with Gasteiger partial charge in [0.05, 0.1) is 5.69 Å². The largest absolute Gasteiger partial charge is 0.480 e. The molecule has 0 radical (unpaired) electrons. The highest BCUT2D eigenvalue weighted by Gasteiger charge is 2.20. The minimum absolute atomic E-state index is 0.302. The SMILES string of the molecule is CC(C(=O)O)n1nc(-c2ccncc2)cc1Cc1ccc(F)cc1. The molecule has 2 aromatic heterocycles. The van der Waals surface area contributed by atoms with Gasteiger partial charge in [0.1, 0.15) is 11.9 Å². The van der Waals surface area contributed by atoms with E-state index in [2.05, 4.69) is 10.1 Å². The minimum Gasteiger partial charge on any atom is -0.480 e. The molecule has 0 saturated carbocycles. The number of halogens is 1. The molecule has 5 nitrogen and oxygen atoms in total. The summed E-state index contributed by atoms with van der Waals surface area (Å²) in [4.78, 5) is 15.3. The normalized spacial score (nSPS) is 12.1. The Morgan fingerprint density at radius 3 is 2.50 bits per heavy atom. The monoisotopic (exact) mass is 325 g/mol. The zero-order valence-electron chi connectivity index (χ0n) is 13.1. The molecule has 3 aromatic rings. The second kappa shape index (κ2) is 6.62. The summed E-state index contributed by atoms with van der Waals surface area (Å²) in [6, 6.07) is 10.9. The van der Waals surface area contributed by atoms with Crippen LogP contribution in [0.5, 0.6) is 0 Å². The molecular weight excluding hydrogens is 309 g/mol. The molecule has 2 heterocycles. The van der Waals surface area contributed by atoms with E-state index in [1.165, 1.54) is 16.8 Å². The zero-order chi connectivity index (χ0) is 17.1. The van der Waals surface area contributed by atoms with Gasteiger partial charge in [0.2, 0.25) is 0 Å². The minimum atomic E-state index is -0.959. The van der Waals surface area contributed by atoms with Gasteiger partial charge in [-0.3, -0.25) is 9.67 Å². The molecule has 0 fully saturated rings. The Balaban J connectivity index is 2.00. The maximum Gasteiger partial charge on any atom is 0.328 e. The highest BCUT2D eigenvalue weighted by atomic mass is 19.1. The number of pyridine rings is 1. The first-order valence-corrected chi connectivity index (χ1v) is 7.50. The summed E-state index contributed by atoms with van der Waals surface area (Å²) >= 11 is 0. The first kappa shape index (κ1) is 15.9. The first-order valence-electron chi connectivity index (χ1n) is 7.50. The average Bonchev–Trinajstić information content (AvgIpc) is 3.00. The molecule has 1 unspecified atom stereocenters. The predicted molar refractivity (Wildman–Crippen MR) is 87.0 cm³/mol. The topological polar surface area (TPSA) is 68.0 Å². The van der Waals surface area contributed by atoms with Crippen LogP contribution in [0.25, 0.3) is 11.3 Å². The zero-order valence-corrected chi connectivity index (χ0v) is 13.1. The molecule has 0 aliphatic heterocycles. The van der Waals surface area contributed by atoms with Gasteiger partial charge in [-0.05, 0) is 42.8 Å². The van der Waals surface area contributed by atoms with E-state index in [0.29, 0.717) is 12.1 Å². The molecule has 0 amide bonds. The number of aliphatic carboxylic acids is 1. The second-order valence-corrected chi connectivity index (χ2v) is 5.52. The Labute approximate surface area is 138 Å². The number of aromatic nitrogens is 3. The van der Waals surface area contributed by atoms with Crippen LogP contribution in [0.4, 0.5) is 4.39 Å². The van der Waals surface area contributed by atoms with E-state index in [4.69, 9.17) is 0 Å². The van der Waals surface area contributed by atoms with Crippen LogP contribution in [0, 0.1) is 5.82 Å². The standard InChI is InChI=1S/C18H16FN3O2/c1-12(18(23)24)22-16(10-13-2-4-15(19)5-3-13)11-17(21-22)14-6-8-20-9-7-14/h2-9,11-12H,10H2,1H3,(H,23,24). The highest BCUT2D eigenvalue weighted by Crippen LogP contribution is 2.23. The van der Waals surface area contributed by atoms with Gasteiger partial charge in [-0.15, -0.1) is 0 Å². The average molecular weight is 325 g/mol. The Morgan fingerprint density at radius 2 is 1.88 bits per heavy atom. The van der Waals surface area contributed by atoms with E-state index in [-0.39, 0.29) is 5.82 Å². The van der Waals surface area contributed by atoms with E-state index < -0.39 is 12.0 Å². The van der Waals surface area contributed by atoms with Crippen LogP contribution in [-0.4, -0.2) is 25.8 Å². The molecular formula is C18H16FN3O2. The van der Waals surface area contributed by atoms with E-state index in [9.17, 15) is 14.3 Å². The Kier molecular flexibility index (Phi) is 4.37. The van der Waals surface area contributed by atoms with Crippen molar-refractivity contribution in [3.05, 3.63) is 71.9 Å². The van der Waals surface area contributed by atoms with Gasteiger partial charge in [0.15, 0.2) is 0 Å². The van der Waals surface area contributed by atoms with Crippen molar-refractivity contribution >= 4 is 5.97 Å². The van der Waals surface area contributed by atoms with Crippen molar-refractivity contribution in [2.75, 3.05) is 0 Å². The third-order valence-electron chi connectivity index (χ3n) is 3.81. The number of carboxylic acid groups (broad SMARTS) is 1. The van der Waals surface area contributed by atoms with E-state index in [1.807, 2.05) is 18.2 Å². The van der Waals surface area contributed by atoms with Crippen LogP contribution in [-0.2, 0) is 11.2 Å². The highest BCUT2D eigenvalue weighted by molar-refractivity contribution is 5.71. The van der Waals surface area contributed by atoms with Crippen LogP contribution in [0.2, 0.25) is 0 Å². The summed E-state index contributed by atoms with van der Waals surface area (Å²) in [5.74, 6) is -1.26. The lowest BCUT2D eigenvalue weighted by Gasteiger charge is -2.11. The molecule has 1 atom stereocenters. The van der Waals surface area contributed by atoms with Gasteiger partial charge in [0.25, 0.3) is 0 Å². The smallest absolute Gasteiger partial charge is 0.328 e. The lowest BCUT2D eigenvalue weighted by Crippen LogP contribution is -2.19. The molecule has 0 saturated heterocycles. The fourth-order valence-corrected chi connectivity index (χ4v) is 2.48. The third-order valence-corrected chi connectivity index (χ3v) is 3.81. The van der Waals surface area contributed by atoms with Crippen molar-refractivity contribution in [3.8, 4) is 11.3 Å². The third kappa shape index (κ3) is 3.32. The van der Waals surface area contributed by atoms with Crippen LogP contribution in [0.1, 0.15) is 24.2 Å². The van der Waals surface area contributed by atoms with Crippen LogP contribution < -0.4 is 0 Å². The Hall–Kier alpha value is -3.02. The Morgan fingerprint density at radius 1 is 1.21 bits per heavy atom. The number of nitrogens with zero attached hydrogens (tertiary/aromatic N) is 3. The molecule has 1 N–H and O–H groups in total. The lowest BCUT2D eigenvalue weighted by atomic mass is 10.1. The van der Waals surface area contributed by atoms with Gasteiger partial charge >= 0.3 is 5.97 Å². The molecule has 0 aliphatic carbocycles. The summed E-state index contributed by atoms with van der Waals surface area (Å²) < 4.78 is 14.6. The van der Waals surface area contributed by atoms with Crippen molar-refractivity contribution in [1.29, 1.82) is 0 Å². The van der Waals surface area contributed by atoms with E-state index in [1.54, 1.807) is 31.5 Å². The van der Waals surface area contributed by atoms with Crippen molar-refractivity contribution in [2.45, 2.75) is 19.4 Å². The van der Waals surface area contributed by atoms with Crippen molar-refractivity contribution in [1.82, 2.24) is 14.8 Å². The molecule has 0 bridgehead atoms. The number of carbonyl (C=O) groups is 1. The van der Waals surface area contributed by atoms with Gasteiger partial charge in [-0.25, -0.2) is 9.18 Å². The summed E-state index contributed by atoms with van der Waals surface area (Å²) in [7, 11) is 0. The molecule has 1 aromatic carbocycles. The molecule has 6 heteroatoms. The van der Waals surface area contributed by atoms with Crippen LogP contribution in [0.3, 0.4) is 0 Å². The first-order chi connectivity index (χ1) is 11.5. The second-order valence-electron chi connectivity index (χ2n) is 5.52. The fraction of sp³-hybridized carbons (Fsp3) is 0.167. The van der Waals surface area contributed by atoms with Gasteiger partial charge in [-0.2, -0.15) is 5.10 Å². The van der Waals surface area contributed by atoms with E-state index >= 15 is 0 Å². The molecule has 3 rings (SSSR count). The number of hydrogen-bond acceptors (Lipinski definition) is 3. The van der Waals surface area contributed by atoms with Gasteiger partial charge in [0, 0.05) is 30.1 Å². The van der Waals surface area contributed by atoms with Crippen LogP contribution in [0.15, 0.2) is 54.9 Å². The maximum absolute atomic E-state index is 13.1. The fourth-order valence-electron chi connectivity index (χ4n) is 2.48. The van der Waals surface area contributed by atoms with Crippen molar-refractivity contribution in [2.24, 2.45) is 0 Å². The maximum atomic E-state index is 13.1. The van der Waals surface area contributed by atoms with E-state index in [0.717, 1.165) is 16.8 Å². The summed E-state index contributed by atoms with van der Waals surface area (Å²) in [6.07, 6.45) is 3.79. The summed E-state index contributed by atoms with van der Waals surface area (Å²) in [6.45, 7) is 1.58. The Bertz CT molecular complexity index is 844.